The molecular weight excluding hydrogens is 498 g/mol. The van der Waals surface area contributed by atoms with Crippen molar-refractivity contribution < 1.29 is 34.0 Å². The Hall–Kier alpha value is -4.82. The number of nitrogens with one attached hydrogen (secondary N) is 1. The van der Waals surface area contributed by atoms with Crippen LogP contribution in [0.5, 0.6) is 11.5 Å². The van der Waals surface area contributed by atoms with Crippen molar-refractivity contribution in [3.63, 3.8) is 0 Å². The highest BCUT2D eigenvalue weighted by Crippen LogP contribution is 2.33. The van der Waals surface area contributed by atoms with E-state index in [1.54, 1.807) is 30.3 Å². The van der Waals surface area contributed by atoms with E-state index in [9.17, 15) is 19.8 Å². The molecule has 0 saturated heterocycles. The van der Waals surface area contributed by atoms with E-state index in [0.29, 0.717) is 11.5 Å². The molecule has 0 aliphatic rings. The normalized spacial score (nSPS) is 12.1. The molecule has 0 saturated carbocycles. The number of carboxylic acids is 1. The molecule has 0 bridgehead atoms. The molecule has 0 aliphatic carbocycles. The summed E-state index contributed by atoms with van der Waals surface area (Å²) >= 11 is 0. The highest BCUT2D eigenvalue weighted by molar-refractivity contribution is 5.80. The van der Waals surface area contributed by atoms with Crippen molar-refractivity contribution in [3.8, 4) is 11.5 Å². The Morgan fingerprint density at radius 1 is 0.667 bits per heavy atom. The predicted molar refractivity (Wildman–Crippen MR) is 144 cm³/mol. The van der Waals surface area contributed by atoms with Crippen molar-refractivity contribution in [2.24, 2.45) is 0 Å². The van der Waals surface area contributed by atoms with Gasteiger partial charge in [-0.1, -0.05) is 97.1 Å². The predicted octanol–water partition coefficient (Wildman–Crippen LogP) is 5.26. The molecule has 0 radical (unpaired) electrons. The Morgan fingerprint density at radius 3 is 1.67 bits per heavy atom. The third-order valence-corrected chi connectivity index (χ3v) is 5.85. The molecule has 4 aromatic rings. The van der Waals surface area contributed by atoms with Crippen LogP contribution in [0.25, 0.3) is 0 Å². The standard InChI is InChI=1S/C31H29NO7/c33-29(28(30(34)35)32-31(36)39-21-24-14-8-3-9-15-24)25-16-17-26(37-19-22-10-4-1-5-11-22)27(18-25)38-20-23-12-6-2-7-13-23/h1-18,28-29,33H,19-21H2,(H,32,36)(H,34,35)/t28-,29?/m0/s1. The molecule has 0 aromatic heterocycles. The first kappa shape index (κ1) is 27.2. The highest BCUT2D eigenvalue weighted by Gasteiger charge is 2.31. The molecule has 0 spiro atoms. The minimum atomic E-state index is -1.66. The average molecular weight is 528 g/mol. The zero-order valence-corrected chi connectivity index (χ0v) is 21.1. The lowest BCUT2D eigenvalue weighted by Crippen LogP contribution is -2.45. The SMILES string of the molecule is O=C(N[C@H](C(=O)O)C(O)c1ccc(OCc2ccccc2)c(OCc2ccccc2)c1)OCc1ccccc1. The van der Waals surface area contributed by atoms with Crippen molar-refractivity contribution in [2.75, 3.05) is 0 Å². The molecule has 0 fully saturated rings. The maximum absolute atomic E-state index is 12.3. The van der Waals surface area contributed by atoms with Gasteiger partial charge in [-0.2, -0.15) is 0 Å². The second-order valence-corrected chi connectivity index (χ2v) is 8.72. The van der Waals surface area contributed by atoms with Gasteiger partial charge in [0.25, 0.3) is 0 Å². The monoisotopic (exact) mass is 527 g/mol. The van der Waals surface area contributed by atoms with Crippen LogP contribution in [-0.4, -0.2) is 28.3 Å². The first-order valence-corrected chi connectivity index (χ1v) is 12.3. The van der Waals surface area contributed by atoms with E-state index in [1.165, 1.54) is 12.1 Å². The second-order valence-electron chi connectivity index (χ2n) is 8.72. The molecule has 4 rings (SSSR count). The lowest BCUT2D eigenvalue weighted by molar-refractivity contribution is -0.142. The van der Waals surface area contributed by atoms with Crippen molar-refractivity contribution in [1.29, 1.82) is 0 Å². The lowest BCUT2D eigenvalue weighted by Gasteiger charge is -2.22. The number of hydrogen-bond donors (Lipinski definition) is 3. The number of hydrogen-bond acceptors (Lipinski definition) is 6. The molecular formula is C31H29NO7. The van der Waals surface area contributed by atoms with E-state index in [0.717, 1.165) is 16.7 Å². The van der Waals surface area contributed by atoms with Gasteiger partial charge in [0, 0.05) is 0 Å². The van der Waals surface area contributed by atoms with Gasteiger partial charge < -0.3 is 29.7 Å². The zero-order chi connectivity index (χ0) is 27.5. The fraction of sp³-hybridized carbons (Fsp3) is 0.161. The smallest absolute Gasteiger partial charge is 0.408 e. The van der Waals surface area contributed by atoms with Gasteiger partial charge in [-0.25, -0.2) is 9.59 Å². The topological polar surface area (TPSA) is 114 Å². The van der Waals surface area contributed by atoms with Crippen LogP contribution in [0.2, 0.25) is 0 Å². The van der Waals surface area contributed by atoms with Crippen LogP contribution in [0.4, 0.5) is 4.79 Å². The Morgan fingerprint density at radius 2 is 1.15 bits per heavy atom. The fourth-order valence-electron chi connectivity index (χ4n) is 3.77. The van der Waals surface area contributed by atoms with Gasteiger partial charge in [-0.15, -0.1) is 0 Å². The van der Waals surface area contributed by atoms with Crippen molar-refractivity contribution in [1.82, 2.24) is 5.32 Å². The number of aliphatic hydroxyl groups is 1. The van der Waals surface area contributed by atoms with Crippen LogP contribution in [-0.2, 0) is 29.4 Å². The van der Waals surface area contributed by atoms with E-state index in [1.807, 2.05) is 66.7 Å². The minimum Gasteiger partial charge on any atom is -0.485 e. The summed E-state index contributed by atoms with van der Waals surface area (Å²) in [5.74, 6) is -0.676. The summed E-state index contributed by atoms with van der Waals surface area (Å²) in [5.41, 5.74) is 2.84. The number of carbonyl (C=O) groups excluding carboxylic acids is 1. The van der Waals surface area contributed by atoms with Gasteiger partial charge >= 0.3 is 12.1 Å². The summed E-state index contributed by atoms with van der Waals surface area (Å²) in [7, 11) is 0. The number of aliphatic carboxylic acids is 1. The van der Waals surface area contributed by atoms with Crippen LogP contribution in [0.1, 0.15) is 28.4 Å². The number of rotatable bonds is 12. The Balaban J connectivity index is 1.49. The van der Waals surface area contributed by atoms with Crippen molar-refractivity contribution in [2.45, 2.75) is 32.0 Å². The number of carboxylic acid groups (broad SMARTS) is 1. The van der Waals surface area contributed by atoms with E-state index in [4.69, 9.17) is 14.2 Å². The van der Waals surface area contributed by atoms with E-state index in [-0.39, 0.29) is 25.4 Å². The van der Waals surface area contributed by atoms with Crippen molar-refractivity contribution >= 4 is 12.1 Å². The molecule has 0 aliphatic heterocycles. The summed E-state index contributed by atoms with van der Waals surface area (Å²) in [6, 6.07) is 31.1. The third kappa shape index (κ3) is 8.08. The summed E-state index contributed by atoms with van der Waals surface area (Å²) in [4.78, 5) is 24.3. The van der Waals surface area contributed by atoms with Crippen LogP contribution in [0.3, 0.4) is 0 Å². The number of aliphatic hydroxyl groups excluding tert-OH is 1. The van der Waals surface area contributed by atoms with Crippen LogP contribution in [0, 0.1) is 0 Å². The van der Waals surface area contributed by atoms with Crippen LogP contribution < -0.4 is 14.8 Å². The van der Waals surface area contributed by atoms with E-state index < -0.39 is 24.2 Å². The maximum Gasteiger partial charge on any atom is 0.408 e. The third-order valence-electron chi connectivity index (χ3n) is 5.85. The molecule has 4 aromatic carbocycles. The van der Waals surface area contributed by atoms with Crippen LogP contribution in [0.15, 0.2) is 109 Å². The fourth-order valence-corrected chi connectivity index (χ4v) is 3.77. The summed E-state index contributed by atoms with van der Waals surface area (Å²) < 4.78 is 17.1. The Labute approximate surface area is 226 Å². The summed E-state index contributed by atoms with van der Waals surface area (Å²) in [6.45, 7) is 0.478. The highest BCUT2D eigenvalue weighted by atomic mass is 16.5. The number of carbonyl (C=O) groups is 2. The lowest BCUT2D eigenvalue weighted by atomic mass is 10.0. The minimum absolute atomic E-state index is 0.0416. The Bertz CT molecular complexity index is 1350. The number of alkyl carbamates (subject to hydrolysis) is 1. The average Bonchev–Trinajstić information content (AvgIpc) is 2.98. The molecule has 8 heteroatoms. The Kier molecular flexibility index (Phi) is 9.52. The quantitative estimate of drug-likeness (QED) is 0.230. The molecule has 39 heavy (non-hydrogen) atoms. The summed E-state index contributed by atoms with van der Waals surface area (Å²) in [5, 5.41) is 22.9. The second kappa shape index (κ2) is 13.6. The van der Waals surface area contributed by atoms with Gasteiger partial charge in [-0.3, -0.25) is 0 Å². The number of ether oxygens (including phenoxy) is 3. The maximum atomic E-state index is 12.3. The number of amides is 1. The first-order valence-electron chi connectivity index (χ1n) is 12.3. The molecule has 1 unspecified atom stereocenters. The molecule has 2 atom stereocenters. The number of benzene rings is 4. The molecule has 8 nitrogen and oxygen atoms in total. The van der Waals surface area contributed by atoms with Crippen molar-refractivity contribution in [3.05, 3.63) is 131 Å². The molecule has 3 N–H and O–H groups in total. The summed E-state index contributed by atoms with van der Waals surface area (Å²) in [6.07, 6.45) is -2.55. The molecule has 0 heterocycles. The largest absolute Gasteiger partial charge is 0.485 e. The van der Waals surface area contributed by atoms with E-state index >= 15 is 0 Å². The van der Waals surface area contributed by atoms with Crippen LogP contribution >= 0.6 is 0 Å². The van der Waals surface area contributed by atoms with Gasteiger partial charge in [0.2, 0.25) is 0 Å². The first-order chi connectivity index (χ1) is 19.0. The van der Waals surface area contributed by atoms with Gasteiger partial charge in [0.1, 0.15) is 25.9 Å². The van der Waals surface area contributed by atoms with Gasteiger partial charge in [-0.05, 0) is 34.4 Å². The molecule has 200 valence electrons. The molecule has 1 amide bonds. The zero-order valence-electron chi connectivity index (χ0n) is 21.1. The van der Waals surface area contributed by atoms with E-state index in [2.05, 4.69) is 5.32 Å². The van der Waals surface area contributed by atoms with Gasteiger partial charge in [0.15, 0.2) is 17.5 Å². The van der Waals surface area contributed by atoms with Gasteiger partial charge in [0.05, 0.1) is 0 Å².